The Kier molecular flexibility index (Phi) is 3.72. The highest BCUT2D eigenvalue weighted by Gasteiger charge is 2.25. The van der Waals surface area contributed by atoms with Crippen molar-refractivity contribution in [3.8, 4) is 0 Å². The minimum Gasteiger partial charge on any atom is -0.275 e. The van der Waals surface area contributed by atoms with Gasteiger partial charge in [-0.3, -0.25) is 9.63 Å². The summed E-state index contributed by atoms with van der Waals surface area (Å²) in [5.41, 5.74) is 0. The SMILES string of the molecule is CON(C)C(=O)C(C)CC1CCC1. The van der Waals surface area contributed by atoms with Crippen LogP contribution >= 0.6 is 0 Å². The first-order valence-corrected chi connectivity index (χ1v) is 4.96. The van der Waals surface area contributed by atoms with Crippen LogP contribution in [-0.2, 0) is 9.63 Å². The first-order valence-electron chi connectivity index (χ1n) is 4.96. The average molecular weight is 185 g/mol. The monoisotopic (exact) mass is 185 g/mol. The van der Waals surface area contributed by atoms with Crippen LogP contribution in [0.25, 0.3) is 0 Å². The number of carbonyl (C=O) groups is 1. The van der Waals surface area contributed by atoms with E-state index in [9.17, 15) is 4.79 Å². The van der Waals surface area contributed by atoms with Gasteiger partial charge in [0.25, 0.3) is 0 Å². The van der Waals surface area contributed by atoms with E-state index in [0.29, 0.717) is 0 Å². The fourth-order valence-corrected chi connectivity index (χ4v) is 1.73. The highest BCUT2D eigenvalue weighted by Crippen LogP contribution is 2.32. The predicted octanol–water partition coefficient (Wildman–Crippen LogP) is 1.83. The van der Waals surface area contributed by atoms with Crippen molar-refractivity contribution in [3.05, 3.63) is 0 Å². The Morgan fingerprint density at radius 3 is 2.62 bits per heavy atom. The second kappa shape index (κ2) is 4.61. The van der Waals surface area contributed by atoms with E-state index in [1.807, 2.05) is 6.92 Å². The molecule has 13 heavy (non-hydrogen) atoms. The maximum Gasteiger partial charge on any atom is 0.248 e. The third-order valence-corrected chi connectivity index (χ3v) is 2.92. The summed E-state index contributed by atoms with van der Waals surface area (Å²) < 4.78 is 0. The van der Waals surface area contributed by atoms with Gasteiger partial charge in [-0.2, -0.15) is 0 Å². The van der Waals surface area contributed by atoms with Crippen molar-refractivity contribution in [2.75, 3.05) is 14.2 Å². The van der Waals surface area contributed by atoms with Gasteiger partial charge < -0.3 is 0 Å². The molecular formula is C10H19NO2. The molecule has 76 valence electrons. The number of amides is 1. The molecule has 1 fully saturated rings. The van der Waals surface area contributed by atoms with E-state index in [-0.39, 0.29) is 11.8 Å². The summed E-state index contributed by atoms with van der Waals surface area (Å²) in [5, 5.41) is 1.32. The lowest BCUT2D eigenvalue weighted by Gasteiger charge is -2.28. The fourth-order valence-electron chi connectivity index (χ4n) is 1.73. The van der Waals surface area contributed by atoms with E-state index in [1.54, 1.807) is 7.05 Å². The molecular weight excluding hydrogens is 166 g/mol. The molecule has 1 saturated carbocycles. The molecule has 0 heterocycles. The molecule has 1 amide bonds. The van der Waals surface area contributed by atoms with Crippen molar-refractivity contribution in [1.82, 2.24) is 5.06 Å². The zero-order valence-corrected chi connectivity index (χ0v) is 8.75. The molecule has 0 bridgehead atoms. The summed E-state index contributed by atoms with van der Waals surface area (Å²) in [7, 11) is 3.19. The Labute approximate surface area is 80.0 Å². The highest BCUT2D eigenvalue weighted by molar-refractivity contribution is 5.77. The molecule has 1 aliphatic rings. The number of rotatable bonds is 4. The van der Waals surface area contributed by atoms with E-state index in [4.69, 9.17) is 4.84 Å². The minimum atomic E-state index is 0.0920. The Morgan fingerprint density at radius 1 is 1.62 bits per heavy atom. The van der Waals surface area contributed by atoms with Gasteiger partial charge >= 0.3 is 0 Å². The third kappa shape index (κ3) is 2.69. The Hall–Kier alpha value is -0.570. The molecule has 0 spiro atoms. The van der Waals surface area contributed by atoms with Crippen LogP contribution in [0.3, 0.4) is 0 Å². The summed E-state index contributed by atoms with van der Waals surface area (Å²) in [4.78, 5) is 16.4. The molecule has 3 heteroatoms. The number of hydrogen-bond donors (Lipinski definition) is 0. The molecule has 0 aliphatic heterocycles. The van der Waals surface area contributed by atoms with Crippen LogP contribution in [0.1, 0.15) is 32.6 Å². The third-order valence-electron chi connectivity index (χ3n) is 2.92. The first-order chi connectivity index (χ1) is 6.15. The van der Waals surface area contributed by atoms with Gasteiger partial charge in [-0.15, -0.1) is 0 Å². The Bertz CT molecular complexity index is 178. The molecule has 1 rings (SSSR count). The summed E-state index contributed by atoms with van der Waals surface area (Å²) in [5.74, 6) is 0.980. The molecule has 1 aliphatic carbocycles. The highest BCUT2D eigenvalue weighted by atomic mass is 16.7. The molecule has 1 unspecified atom stereocenters. The Morgan fingerprint density at radius 2 is 2.23 bits per heavy atom. The number of carbonyl (C=O) groups excluding carboxylic acids is 1. The van der Waals surface area contributed by atoms with Crippen LogP contribution in [0.4, 0.5) is 0 Å². The summed E-state index contributed by atoms with van der Waals surface area (Å²) >= 11 is 0. The Balaban J connectivity index is 2.28. The summed E-state index contributed by atoms with van der Waals surface area (Å²) in [6.07, 6.45) is 4.96. The van der Waals surface area contributed by atoms with E-state index in [1.165, 1.54) is 31.4 Å². The zero-order valence-electron chi connectivity index (χ0n) is 8.75. The number of hydrogen-bond acceptors (Lipinski definition) is 2. The summed E-state index contributed by atoms with van der Waals surface area (Å²) in [6.45, 7) is 1.98. The minimum absolute atomic E-state index is 0.0920. The maximum absolute atomic E-state index is 11.6. The van der Waals surface area contributed by atoms with E-state index in [2.05, 4.69) is 0 Å². The van der Waals surface area contributed by atoms with Crippen molar-refractivity contribution in [2.24, 2.45) is 11.8 Å². The molecule has 0 aromatic carbocycles. The van der Waals surface area contributed by atoms with E-state index >= 15 is 0 Å². The molecule has 0 saturated heterocycles. The van der Waals surface area contributed by atoms with Crippen molar-refractivity contribution < 1.29 is 9.63 Å². The molecule has 0 N–H and O–H groups in total. The van der Waals surface area contributed by atoms with Crippen LogP contribution in [0.15, 0.2) is 0 Å². The molecule has 1 atom stereocenters. The van der Waals surface area contributed by atoms with Gasteiger partial charge in [0, 0.05) is 13.0 Å². The predicted molar refractivity (Wildman–Crippen MR) is 50.9 cm³/mol. The topological polar surface area (TPSA) is 29.5 Å². The van der Waals surface area contributed by atoms with Crippen LogP contribution in [0.5, 0.6) is 0 Å². The van der Waals surface area contributed by atoms with Crippen molar-refractivity contribution in [1.29, 1.82) is 0 Å². The largest absolute Gasteiger partial charge is 0.275 e. The van der Waals surface area contributed by atoms with Gasteiger partial charge in [-0.25, -0.2) is 5.06 Å². The number of hydroxylamine groups is 2. The summed E-state index contributed by atoms with van der Waals surface area (Å²) in [6, 6.07) is 0. The van der Waals surface area contributed by atoms with E-state index in [0.717, 1.165) is 12.3 Å². The second-order valence-electron chi connectivity index (χ2n) is 3.95. The normalized spacial score (nSPS) is 19.3. The molecule has 0 aromatic heterocycles. The second-order valence-corrected chi connectivity index (χ2v) is 3.95. The lowest BCUT2D eigenvalue weighted by Crippen LogP contribution is -2.32. The van der Waals surface area contributed by atoms with Gasteiger partial charge in [-0.05, 0) is 12.3 Å². The maximum atomic E-state index is 11.6. The van der Waals surface area contributed by atoms with Crippen molar-refractivity contribution >= 4 is 5.91 Å². The molecule has 0 radical (unpaired) electrons. The van der Waals surface area contributed by atoms with Gasteiger partial charge in [0.05, 0.1) is 7.11 Å². The first kappa shape index (κ1) is 10.5. The van der Waals surface area contributed by atoms with Gasteiger partial charge in [0.1, 0.15) is 0 Å². The smallest absolute Gasteiger partial charge is 0.248 e. The van der Waals surface area contributed by atoms with Crippen molar-refractivity contribution in [2.45, 2.75) is 32.6 Å². The van der Waals surface area contributed by atoms with Crippen LogP contribution in [-0.4, -0.2) is 25.1 Å². The van der Waals surface area contributed by atoms with Gasteiger partial charge in [0.2, 0.25) is 5.91 Å². The number of nitrogens with zero attached hydrogens (tertiary/aromatic N) is 1. The van der Waals surface area contributed by atoms with Gasteiger partial charge in [-0.1, -0.05) is 26.2 Å². The lowest BCUT2D eigenvalue weighted by molar-refractivity contribution is -0.173. The van der Waals surface area contributed by atoms with Crippen molar-refractivity contribution in [3.63, 3.8) is 0 Å². The van der Waals surface area contributed by atoms with Crippen LogP contribution in [0.2, 0.25) is 0 Å². The molecule has 3 nitrogen and oxygen atoms in total. The lowest BCUT2D eigenvalue weighted by atomic mass is 9.79. The van der Waals surface area contributed by atoms with Crippen LogP contribution < -0.4 is 0 Å². The quantitative estimate of drug-likeness (QED) is 0.625. The fraction of sp³-hybridized carbons (Fsp3) is 0.900. The standard InChI is InChI=1S/C10H19NO2/c1-8(7-9-5-4-6-9)10(12)11(2)13-3/h8-9H,4-7H2,1-3H3. The van der Waals surface area contributed by atoms with Crippen LogP contribution in [0, 0.1) is 11.8 Å². The zero-order chi connectivity index (χ0) is 9.84. The molecule has 0 aromatic rings. The average Bonchev–Trinajstić information content (AvgIpc) is 2.08. The van der Waals surface area contributed by atoms with E-state index < -0.39 is 0 Å². The van der Waals surface area contributed by atoms with Gasteiger partial charge in [0.15, 0.2) is 0 Å².